The largest absolute Gasteiger partial charge is 0.368 e. The Bertz CT molecular complexity index is 768. The quantitative estimate of drug-likeness (QED) is 0.857. The third-order valence-corrected chi connectivity index (χ3v) is 5.66. The van der Waals surface area contributed by atoms with E-state index < -0.39 is 11.2 Å². The highest BCUT2D eigenvalue weighted by Crippen LogP contribution is 2.38. The van der Waals surface area contributed by atoms with Gasteiger partial charge in [0.05, 0.1) is 0 Å². The SMILES string of the molecule is CO[C@]1(C#CC(O)(c2ccccc2)c2cccnn2)CN2CCC1CC2. The molecule has 134 valence electrons. The van der Waals surface area contributed by atoms with Gasteiger partial charge in [-0.25, -0.2) is 0 Å². The zero-order chi connectivity index (χ0) is 18.0. The molecule has 1 unspecified atom stereocenters. The van der Waals surface area contributed by atoms with Crippen LogP contribution in [0.3, 0.4) is 0 Å². The van der Waals surface area contributed by atoms with E-state index in [9.17, 15) is 5.11 Å². The number of hydrogen-bond acceptors (Lipinski definition) is 5. The second-order valence-corrected chi connectivity index (χ2v) is 7.08. The monoisotopic (exact) mass is 349 g/mol. The molecule has 5 rings (SSSR count). The molecule has 4 heterocycles. The van der Waals surface area contributed by atoms with Crippen LogP contribution in [0.4, 0.5) is 0 Å². The van der Waals surface area contributed by atoms with Crippen molar-refractivity contribution in [1.82, 2.24) is 15.1 Å². The van der Waals surface area contributed by atoms with Crippen molar-refractivity contribution in [3.8, 4) is 11.8 Å². The van der Waals surface area contributed by atoms with E-state index >= 15 is 0 Å². The first kappa shape index (κ1) is 17.2. The predicted octanol–water partition coefficient (Wildman–Crippen LogP) is 1.83. The number of fused-ring (bicyclic) bond motifs is 3. The lowest BCUT2D eigenvalue weighted by Crippen LogP contribution is -2.59. The van der Waals surface area contributed by atoms with Crippen LogP contribution < -0.4 is 0 Å². The summed E-state index contributed by atoms with van der Waals surface area (Å²) in [5.41, 5.74) is -0.957. The molecule has 26 heavy (non-hydrogen) atoms. The standard InChI is InChI=1S/C21H23N3O2/c1-26-20(16-24-14-9-17(20)10-15-24)11-12-21(25,18-6-3-2-4-7-18)19-8-5-13-22-23-19/h2-8,13,17,25H,9-10,14-16H2,1H3/t20-,21?/m1/s1. The van der Waals surface area contributed by atoms with E-state index in [1.165, 1.54) is 0 Å². The molecule has 3 aliphatic heterocycles. The minimum absolute atomic E-state index is 0.395. The fraction of sp³-hybridized carbons (Fsp3) is 0.429. The summed E-state index contributed by atoms with van der Waals surface area (Å²) in [5, 5.41) is 19.6. The molecule has 1 N–H and O–H groups in total. The van der Waals surface area contributed by atoms with Gasteiger partial charge in [0.25, 0.3) is 0 Å². The number of hydrogen-bond donors (Lipinski definition) is 1. The summed E-state index contributed by atoms with van der Waals surface area (Å²) in [6.07, 6.45) is 3.75. The zero-order valence-corrected chi connectivity index (χ0v) is 14.9. The average Bonchev–Trinajstić information content (AvgIpc) is 2.74. The molecule has 2 atom stereocenters. The average molecular weight is 349 g/mol. The highest BCUT2D eigenvalue weighted by Gasteiger charge is 2.46. The predicted molar refractivity (Wildman–Crippen MR) is 98.2 cm³/mol. The van der Waals surface area contributed by atoms with Gasteiger partial charge in [-0.05, 0) is 38.1 Å². The van der Waals surface area contributed by atoms with Gasteiger partial charge < -0.3 is 9.84 Å². The van der Waals surface area contributed by atoms with Crippen molar-refractivity contribution >= 4 is 0 Å². The molecule has 1 aromatic carbocycles. The Balaban J connectivity index is 1.79. The van der Waals surface area contributed by atoms with E-state index in [0.29, 0.717) is 17.2 Å². The van der Waals surface area contributed by atoms with Crippen molar-refractivity contribution in [3.05, 3.63) is 59.9 Å². The molecule has 0 saturated carbocycles. The molecule has 0 aliphatic carbocycles. The summed E-state index contributed by atoms with van der Waals surface area (Å²) in [7, 11) is 1.72. The summed E-state index contributed by atoms with van der Waals surface area (Å²) >= 11 is 0. The third kappa shape index (κ3) is 2.90. The van der Waals surface area contributed by atoms with Crippen molar-refractivity contribution in [2.24, 2.45) is 5.92 Å². The molecule has 1 aromatic heterocycles. The summed E-state index contributed by atoms with van der Waals surface area (Å²) in [6, 6.07) is 12.9. The lowest BCUT2D eigenvalue weighted by Gasteiger charge is -2.49. The van der Waals surface area contributed by atoms with Crippen LogP contribution in [0.2, 0.25) is 0 Å². The maximum atomic E-state index is 11.5. The second kappa shape index (κ2) is 6.81. The van der Waals surface area contributed by atoms with E-state index in [0.717, 1.165) is 32.5 Å². The molecule has 3 aliphatic rings. The molecule has 5 heteroatoms. The van der Waals surface area contributed by atoms with E-state index in [-0.39, 0.29) is 0 Å². The number of ether oxygens (including phenoxy) is 1. The molecule has 3 fully saturated rings. The van der Waals surface area contributed by atoms with Crippen LogP contribution in [-0.2, 0) is 10.3 Å². The highest BCUT2D eigenvalue weighted by molar-refractivity contribution is 5.42. The van der Waals surface area contributed by atoms with Crippen molar-refractivity contribution in [1.29, 1.82) is 0 Å². The van der Waals surface area contributed by atoms with Crippen LogP contribution in [0, 0.1) is 17.8 Å². The maximum Gasteiger partial charge on any atom is 0.195 e. The summed E-state index contributed by atoms with van der Waals surface area (Å²) in [5.74, 6) is 6.84. The van der Waals surface area contributed by atoms with Gasteiger partial charge >= 0.3 is 0 Å². The van der Waals surface area contributed by atoms with Crippen LogP contribution in [0.25, 0.3) is 0 Å². The Morgan fingerprint density at radius 1 is 1.19 bits per heavy atom. The minimum atomic E-state index is -1.52. The number of aliphatic hydroxyl groups is 1. The Kier molecular flexibility index (Phi) is 4.49. The number of piperidine rings is 3. The van der Waals surface area contributed by atoms with E-state index in [2.05, 4.69) is 26.9 Å². The summed E-state index contributed by atoms with van der Waals surface area (Å²) < 4.78 is 5.92. The van der Waals surface area contributed by atoms with Crippen molar-refractivity contribution < 1.29 is 9.84 Å². The minimum Gasteiger partial charge on any atom is -0.368 e. The zero-order valence-electron chi connectivity index (χ0n) is 14.9. The lowest BCUT2D eigenvalue weighted by molar-refractivity contribution is -0.0964. The van der Waals surface area contributed by atoms with Gasteiger partial charge in [-0.3, -0.25) is 4.90 Å². The third-order valence-electron chi connectivity index (χ3n) is 5.66. The summed E-state index contributed by atoms with van der Waals surface area (Å²) in [4.78, 5) is 2.39. The van der Waals surface area contributed by atoms with Gasteiger partial charge in [-0.15, -0.1) is 0 Å². The fourth-order valence-corrected chi connectivity index (χ4v) is 4.10. The first-order valence-corrected chi connectivity index (χ1v) is 9.04. The topological polar surface area (TPSA) is 58.5 Å². The molecule has 2 aromatic rings. The van der Waals surface area contributed by atoms with Gasteiger partial charge in [0, 0.05) is 31.3 Å². The van der Waals surface area contributed by atoms with Crippen molar-refractivity contribution in [2.75, 3.05) is 26.7 Å². The van der Waals surface area contributed by atoms with Crippen LogP contribution in [-0.4, -0.2) is 52.5 Å². The van der Waals surface area contributed by atoms with Gasteiger partial charge in [0.1, 0.15) is 11.3 Å². The van der Waals surface area contributed by atoms with Crippen LogP contribution >= 0.6 is 0 Å². The van der Waals surface area contributed by atoms with Gasteiger partial charge in [0.2, 0.25) is 0 Å². The van der Waals surface area contributed by atoms with Gasteiger partial charge in [-0.1, -0.05) is 42.2 Å². The molecule has 5 nitrogen and oxygen atoms in total. The van der Waals surface area contributed by atoms with Crippen LogP contribution in [0.1, 0.15) is 24.1 Å². The molecule has 0 radical (unpaired) electrons. The maximum absolute atomic E-state index is 11.5. The fourth-order valence-electron chi connectivity index (χ4n) is 4.10. The van der Waals surface area contributed by atoms with Crippen molar-refractivity contribution in [3.63, 3.8) is 0 Å². The Morgan fingerprint density at radius 3 is 2.54 bits per heavy atom. The van der Waals surface area contributed by atoms with Gasteiger partial charge in [-0.2, -0.15) is 10.2 Å². The van der Waals surface area contributed by atoms with E-state index in [1.807, 2.05) is 30.3 Å². The first-order valence-electron chi connectivity index (χ1n) is 9.04. The van der Waals surface area contributed by atoms with Crippen molar-refractivity contribution in [2.45, 2.75) is 24.0 Å². The smallest absolute Gasteiger partial charge is 0.195 e. The molecule has 3 saturated heterocycles. The van der Waals surface area contributed by atoms with E-state index in [4.69, 9.17) is 4.74 Å². The molecular formula is C21H23N3O2. The number of methoxy groups -OCH3 is 1. The van der Waals surface area contributed by atoms with Crippen LogP contribution in [0.5, 0.6) is 0 Å². The second-order valence-electron chi connectivity index (χ2n) is 7.08. The van der Waals surface area contributed by atoms with E-state index in [1.54, 1.807) is 25.4 Å². The normalized spacial score (nSPS) is 29.5. The molecule has 0 amide bonds. The number of aromatic nitrogens is 2. The molecule has 0 spiro atoms. The Labute approximate surface area is 154 Å². The van der Waals surface area contributed by atoms with Crippen LogP contribution in [0.15, 0.2) is 48.7 Å². The first-order chi connectivity index (χ1) is 12.7. The number of nitrogens with zero attached hydrogens (tertiary/aromatic N) is 3. The molecular weight excluding hydrogens is 326 g/mol. The number of rotatable bonds is 3. The Morgan fingerprint density at radius 2 is 1.96 bits per heavy atom. The summed E-state index contributed by atoms with van der Waals surface area (Å²) in [6.45, 7) is 2.99. The highest BCUT2D eigenvalue weighted by atomic mass is 16.5. The molecule has 2 bridgehead atoms. The van der Waals surface area contributed by atoms with Gasteiger partial charge in [0.15, 0.2) is 5.60 Å². The Hall–Kier alpha value is -2.26. The lowest BCUT2D eigenvalue weighted by atomic mass is 9.75. The number of benzene rings is 1.